The molecule has 8 nitrogen and oxygen atoms in total. The van der Waals surface area contributed by atoms with E-state index in [9.17, 15) is 19.3 Å². The molecule has 1 fully saturated rings. The number of nitro groups is 1. The van der Waals surface area contributed by atoms with Crippen LogP contribution in [-0.2, 0) is 11.3 Å². The van der Waals surface area contributed by atoms with Gasteiger partial charge >= 0.3 is 5.82 Å². The van der Waals surface area contributed by atoms with Gasteiger partial charge in [-0.1, -0.05) is 18.2 Å². The van der Waals surface area contributed by atoms with E-state index >= 15 is 0 Å². The highest BCUT2D eigenvalue weighted by molar-refractivity contribution is 5.80. The third-order valence-corrected chi connectivity index (χ3v) is 4.86. The van der Waals surface area contributed by atoms with E-state index in [1.165, 1.54) is 16.8 Å². The first-order valence-corrected chi connectivity index (χ1v) is 8.82. The molecule has 1 atom stereocenters. The summed E-state index contributed by atoms with van der Waals surface area (Å²) in [5.41, 5.74) is 1.21. The molecule has 1 aromatic carbocycles. The second-order valence-corrected chi connectivity index (χ2v) is 6.71. The number of aromatic nitrogens is 2. The summed E-state index contributed by atoms with van der Waals surface area (Å²) in [5.74, 6) is -0.608. The highest BCUT2D eigenvalue weighted by Crippen LogP contribution is 2.19. The third-order valence-electron chi connectivity index (χ3n) is 4.86. The Morgan fingerprint density at radius 3 is 2.56 bits per heavy atom. The van der Waals surface area contributed by atoms with Gasteiger partial charge in [-0.05, 0) is 24.8 Å². The smallest absolute Gasteiger partial charge is 0.358 e. The maximum atomic E-state index is 13.8. The number of piperazine rings is 1. The van der Waals surface area contributed by atoms with Crippen molar-refractivity contribution in [3.05, 3.63) is 57.5 Å². The summed E-state index contributed by atoms with van der Waals surface area (Å²) >= 11 is 0. The Morgan fingerprint density at radius 2 is 1.96 bits per heavy atom. The molecule has 1 aliphatic rings. The molecule has 2 aromatic rings. The third kappa shape index (κ3) is 4.13. The SMILES string of the molecule is Cc1cc([N+](=O)[O-])nn1C(C)C(=O)N1CCN(Cc2ccccc2F)CC1. The monoisotopic (exact) mass is 375 g/mol. The summed E-state index contributed by atoms with van der Waals surface area (Å²) in [5, 5.41) is 14.8. The van der Waals surface area contributed by atoms with Crippen LogP contribution in [0.5, 0.6) is 0 Å². The molecule has 144 valence electrons. The average Bonchev–Trinajstić information content (AvgIpc) is 3.05. The van der Waals surface area contributed by atoms with Gasteiger partial charge in [0.1, 0.15) is 11.9 Å². The molecule has 0 spiro atoms. The zero-order chi connectivity index (χ0) is 19.6. The summed E-state index contributed by atoms with van der Waals surface area (Å²) in [6, 6.07) is 7.43. The minimum absolute atomic E-state index is 0.123. The van der Waals surface area contributed by atoms with Gasteiger partial charge in [-0.15, -0.1) is 0 Å². The molecule has 27 heavy (non-hydrogen) atoms. The number of aryl methyl sites for hydroxylation is 1. The molecule has 1 saturated heterocycles. The maximum Gasteiger partial charge on any atom is 0.390 e. The number of nitrogens with zero attached hydrogens (tertiary/aromatic N) is 5. The Balaban J connectivity index is 1.59. The van der Waals surface area contributed by atoms with Gasteiger partial charge in [0.05, 0.1) is 16.9 Å². The number of carbonyl (C=O) groups excluding carboxylic acids is 1. The molecule has 1 amide bonds. The Kier molecular flexibility index (Phi) is 5.50. The van der Waals surface area contributed by atoms with Crippen LogP contribution in [0.25, 0.3) is 0 Å². The number of benzene rings is 1. The fraction of sp³-hybridized carbons (Fsp3) is 0.444. The topological polar surface area (TPSA) is 84.5 Å². The van der Waals surface area contributed by atoms with Gasteiger partial charge in [-0.3, -0.25) is 9.69 Å². The molecule has 0 saturated carbocycles. The van der Waals surface area contributed by atoms with E-state index in [0.29, 0.717) is 44.0 Å². The van der Waals surface area contributed by atoms with Crippen LogP contribution >= 0.6 is 0 Å². The first-order valence-electron chi connectivity index (χ1n) is 8.82. The number of hydrogen-bond acceptors (Lipinski definition) is 5. The molecule has 3 rings (SSSR count). The second kappa shape index (κ2) is 7.83. The van der Waals surface area contributed by atoms with Crippen molar-refractivity contribution in [1.82, 2.24) is 19.6 Å². The van der Waals surface area contributed by atoms with Crippen LogP contribution in [0, 0.1) is 22.9 Å². The van der Waals surface area contributed by atoms with Crippen LogP contribution in [0.2, 0.25) is 0 Å². The average molecular weight is 375 g/mol. The Bertz CT molecular complexity index is 845. The summed E-state index contributed by atoms with van der Waals surface area (Å²) in [7, 11) is 0. The summed E-state index contributed by atoms with van der Waals surface area (Å²) < 4.78 is 15.2. The predicted molar refractivity (Wildman–Crippen MR) is 96.6 cm³/mol. The molecule has 0 bridgehead atoms. The zero-order valence-corrected chi connectivity index (χ0v) is 15.3. The highest BCUT2D eigenvalue weighted by atomic mass is 19.1. The lowest BCUT2D eigenvalue weighted by Gasteiger charge is -2.35. The number of hydrogen-bond donors (Lipinski definition) is 0. The van der Waals surface area contributed by atoms with Gasteiger partial charge in [0.2, 0.25) is 5.91 Å². The van der Waals surface area contributed by atoms with Crippen molar-refractivity contribution >= 4 is 11.7 Å². The minimum atomic E-state index is -0.614. The van der Waals surface area contributed by atoms with Crippen LogP contribution in [0.1, 0.15) is 24.2 Å². The molecule has 0 aliphatic carbocycles. The summed E-state index contributed by atoms with van der Waals surface area (Å²) in [4.78, 5) is 26.9. The van der Waals surface area contributed by atoms with E-state index in [-0.39, 0.29) is 17.5 Å². The standard InChI is InChI=1S/C18H22FN5O3/c1-13-11-17(24(26)27)20-23(13)14(2)18(25)22-9-7-21(8-10-22)12-15-5-3-4-6-16(15)19/h3-6,11,14H,7-10,12H2,1-2H3. The maximum absolute atomic E-state index is 13.8. The van der Waals surface area contributed by atoms with E-state index < -0.39 is 11.0 Å². The van der Waals surface area contributed by atoms with Crippen LogP contribution in [-0.4, -0.2) is 56.6 Å². The van der Waals surface area contributed by atoms with Gasteiger partial charge in [-0.25, -0.2) is 4.39 Å². The van der Waals surface area contributed by atoms with Crippen molar-refractivity contribution in [1.29, 1.82) is 0 Å². The van der Waals surface area contributed by atoms with E-state index in [2.05, 4.69) is 10.00 Å². The van der Waals surface area contributed by atoms with Crippen molar-refractivity contribution in [2.24, 2.45) is 0 Å². The molecular weight excluding hydrogens is 353 g/mol. The Labute approximate surface area is 156 Å². The predicted octanol–water partition coefficient (Wildman–Crippen LogP) is 2.14. The molecule has 0 N–H and O–H groups in total. The number of rotatable bonds is 5. The van der Waals surface area contributed by atoms with Crippen LogP contribution in [0.4, 0.5) is 10.2 Å². The minimum Gasteiger partial charge on any atom is -0.358 e. The lowest BCUT2D eigenvalue weighted by atomic mass is 10.1. The van der Waals surface area contributed by atoms with Gasteiger partial charge in [0.25, 0.3) is 0 Å². The molecule has 1 aromatic heterocycles. The molecule has 9 heteroatoms. The van der Waals surface area contributed by atoms with E-state index in [4.69, 9.17) is 0 Å². The normalized spacial score (nSPS) is 16.3. The van der Waals surface area contributed by atoms with Crippen molar-refractivity contribution in [3.8, 4) is 0 Å². The number of carbonyl (C=O) groups is 1. The number of amides is 1. The fourth-order valence-electron chi connectivity index (χ4n) is 3.32. The van der Waals surface area contributed by atoms with Crippen LogP contribution in [0.3, 0.4) is 0 Å². The first kappa shape index (κ1) is 19.0. The largest absolute Gasteiger partial charge is 0.390 e. The van der Waals surface area contributed by atoms with Gasteiger partial charge in [-0.2, -0.15) is 4.68 Å². The second-order valence-electron chi connectivity index (χ2n) is 6.71. The summed E-state index contributed by atoms with van der Waals surface area (Å²) in [6.07, 6.45) is 0. The molecule has 1 unspecified atom stereocenters. The Hall–Kier alpha value is -2.81. The van der Waals surface area contributed by atoms with Crippen LogP contribution < -0.4 is 0 Å². The first-order chi connectivity index (χ1) is 12.9. The van der Waals surface area contributed by atoms with Gasteiger partial charge in [0.15, 0.2) is 0 Å². The van der Waals surface area contributed by atoms with Crippen molar-refractivity contribution in [2.45, 2.75) is 26.4 Å². The van der Waals surface area contributed by atoms with E-state index in [0.717, 1.165) is 0 Å². The summed E-state index contributed by atoms with van der Waals surface area (Å²) in [6.45, 7) is 6.23. The van der Waals surface area contributed by atoms with E-state index in [1.807, 2.05) is 6.07 Å². The zero-order valence-electron chi connectivity index (χ0n) is 15.3. The fourth-order valence-corrected chi connectivity index (χ4v) is 3.32. The number of halogens is 1. The van der Waals surface area contributed by atoms with Crippen molar-refractivity contribution in [2.75, 3.05) is 26.2 Å². The highest BCUT2D eigenvalue weighted by Gasteiger charge is 2.30. The molecule has 2 heterocycles. The lowest BCUT2D eigenvalue weighted by molar-refractivity contribution is -0.389. The van der Waals surface area contributed by atoms with Gasteiger partial charge in [0, 0.05) is 38.3 Å². The van der Waals surface area contributed by atoms with Gasteiger partial charge < -0.3 is 15.0 Å². The van der Waals surface area contributed by atoms with Crippen molar-refractivity contribution in [3.63, 3.8) is 0 Å². The van der Waals surface area contributed by atoms with E-state index in [1.54, 1.807) is 30.9 Å². The van der Waals surface area contributed by atoms with Crippen LogP contribution in [0.15, 0.2) is 30.3 Å². The Morgan fingerprint density at radius 1 is 1.30 bits per heavy atom. The molecular formula is C18H22FN5O3. The molecule has 0 radical (unpaired) electrons. The van der Waals surface area contributed by atoms with Crippen molar-refractivity contribution < 1.29 is 14.1 Å². The quantitative estimate of drug-likeness (QED) is 0.591. The molecule has 1 aliphatic heterocycles. The lowest BCUT2D eigenvalue weighted by Crippen LogP contribution is -2.50.